The van der Waals surface area contributed by atoms with Gasteiger partial charge in [-0.3, -0.25) is 9.59 Å². The molecule has 1 unspecified atom stereocenters. The lowest BCUT2D eigenvalue weighted by molar-refractivity contribution is -0.124. The number of rotatable bonds is 4. The highest BCUT2D eigenvalue weighted by atomic mass is 16.2. The summed E-state index contributed by atoms with van der Waals surface area (Å²) in [4.78, 5) is 23.9. The van der Waals surface area contributed by atoms with Crippen LogP contribution in [0.1, 0.15) is 43.6 Å². The number of nitrogens with one attached hydrogen (secondary N) is 2. The van der Waals surface area contributed by atoms with Crippen LogP contribution in [0.3, 0.4) is 0 Å². The molecule has 4 N–H and O–H groups in total. The largest absolute Gasteiger partial charge is 0.350 e. The molecular formula is C15H23N3O2. The predicted octanol–water partition coefficient (Wildman–Crippen LogP) is 1.18. The highest BCUT2D eigenvalue weighted by Crippen LogP contribution is 2.05. The SMILES string of the molecule is CC(NC(=O)c1ccc(CN)cc1)C(=O)NC(C)(C)C. The van der Waals surface area contributed by atoms with Gasteiger partial charge in [-0.25, -0.2) is 0 Å². The van der Waals surface area contributed by atoms with Crippen molar-refractivity contribution in [3.8, 4) is 0 Å². The summed E-state index contributed by atoms with van der Waals surface area (Å²) >= 11 is 0. The van der Waals surface area contributed by atoms with Crippen molar-refractivity contribution >= 4 is 11.8 Å². The van der Waals surface area contributed by atoms with Crippen molar-refractivity contribution < 1.29 is 9.59 Å². The lowest BCUT2D eigenvalue weighted by atomic mass is 10.1. The molecule has 0 saturated heterocycles. The molecule has 1 rings (SSSR count). The topological polar surface area (TPSA) is 84.2 Å². The predicted molar refractivity (Wildman–Crippen MR) is 79.2 cm³/mol. The molecule has 110 valence electrons. The van der Waals surface area contributed by atoms with Gasteiger partial charge >= 0.3 is 0 Å². The molecule has 2 amide bonds. The minimum atomic E-state index is -0.587. The van der Waals surface area contributed by atoms with E-state index in [9.17, 15) is 9.59 Å². The minimum absolute atomic E-state index is 0.204. The molecule has 0 saturated carbocycles. The molecule has 1 aromatic rings. The molecule has 0 aliphatic carbocycles. The summed E-state index contributed by atoms with van der Waals surface area (Å²) in [6, 6.07) is 6.41. The number of benzene rings is 1. The monoisotopic (exact) mass is 277 g/mol. The summed E-state index contributed by atoms with van der Waals surface area (Å²) in [6.45, 7) is 7.78. The fraction of sp³-hybridized carbons (Fsp3) is 0.467. The number of hydrogen-bond donors (Lipinski definition) is 3. The van der Waals surface area contributed by atoms with Crippen molar-refractivity contribution in [3.05, 3.63) is 35.4 Å². The van der Waals surface area contributed by atoms with Crippen LogP contribution in [0.25, 0.3) is 0 Å². The van der Waals surface area contributed by atoms with E-state index in [0.29, 0.717) is 12.1 Å². The van der Waals surface area contributed by atoms with Gasteiger partial charge in [-0.1, -0.05) is 12.1 Å². The summed E-state index contributed by atoms with van der Waals surface area (Å²) in [5.74, 6) is -0.477. The van der Waals surface area contributed by atoms with Crippen LogP contribution in [0.5, 0.6) is 0 Å². The first-order valence-electron chi connectivity index (χ1n) is 6.65. The molecule has 0 aliphatic rings. The average Bonchev–Trinajstić information content (AvgIpc) is 2.36. The quantitative estimate of drug-likeness (QED) is 0.772. The third kappa shape index (κ3) is 5.01. The average molecular weight is 277 g/mol. The van der Waals surface area contributed by atoms with Gasteiger partial charge < -0.3 is 16.4 Å². The van der Waals surface area contributed by atoms with Crippen molar-refractivity contribution in [1.29, 1.82) is 0 Å². The van der Waals surface area contributed by atoms with Crippen molar-refractivity contribution in [3.63, 3.8) is 0 Å². The maximum Gasteiger partial charge on any atom is 0.251 e. The van der Waals surface area contributed by atoms with Crippen LogP contribution in [0, 0.1) is 0 Å². The second-order valence-corrected chi connectivity index (χ2v) is 5.84. The van der Waals surface area contributed by atoms with E-state index >= 15 is 0 Å². The third-order valence-corrected chi connectivity index (χ3v) is 2.69. The second-order valence-electron chi connectivity index (χ2n) is 5.84. The first-order valence-corrected chi connectivity index (χ1v) is 6.65. The van der Waals surface area contributed by atoms with E-state index in [4.69, 9.17) is 5.73 Å². The van der Waals surface area contributed by atoms with E-state index in [-0.39, 0.29) is 17.4 Å². The van der Waals surface area contributed by atoms with Crippen LogP contribution in [0.4, 0.5) is 0 Å². The first kappa shape index (κ1) is 16.2. The molecule has 0 bridgehead atoms. The lowest BCUT2D eigenvalue weighted by Gasteiger charge is -2.23. The summed E-state index contributed by atoms with van der Waals surface area (Å²) in [6.07, 6.45) is 0. The number of nitrogens with two attached hydrogens (primary N) is 1. The molecule has 0 radical (unpaired) electrons. The van der Waals surface area contributed by atoms with Gasteiger partial charge in [-0.2, -0.15) is 0 Å². The fourth-order valence-electron chi connectivity index (χ4n) is 1.62. The van der Waals surface area contributed by atoms with Gasteiger partial charge in [0.25, 0.3) is 5.91 Å². The Morgan fingerprint density at radius 2 is 1.75 bits per heavy atom. The summed E-state index contributed by atoms with van der Waals surface area (Å²) in [5, 5.41) is 5.50. The van der Waals surface area contributed by atoms with Crippen LogP contribution in [0.2, 0.25) is 0 Å². The van der Waals surface area contributed by atoms with Crippen molar-refractivity contribution in [2.45, 2.75) is 45.8 Å². The van der Waals surface area contributed by atoms with E-state index in [2.05, 4.69) is 10.6 Å². The van der Waals surface area contributed by atoms with Crippen molar-refractivity contribution in [2.24, 2.45) is 5.73 Å². The molecule has 0 fully saturated rings. The summed E-state index contributed by atoms with van der Waals surface area (Å²) in [5.41, 5.74) is 6.65. The second kappa shape index (κ2) is 6.52. The zero-order valence-corrected chi connectivity index (χ0v) is 12.5. The normalized spacial score (nSPS) is 12.7. The zero-order chi connectivity index (χ0) is 15.3. The Balaban J connectivity index is 2.62. The van der Waals surface area contributed by atoms with Gasteiger partial charge in [-0.05, 0) is 45.4 Å². The van der Waals surface area contributed by atoms with Crippen molar-refractivity contribution in [1.82, 2.24) is 10.6 Å². The molecule has 5 heteroatoms. The van der Waals surface area contributed by atoms with Crippen LogP contribution in [-0.2, 0) is 11.3 Å². The van der Waals surface area contributed by atoms with E-state index < -0.39 is 6.04 Å². The number of amides is 2. The molecule has 1 atom stereocenters. The summed E-state index contributed by atoms with van der Waals surface area (Å²) in [7, 11) is 0. The van der Waals surface area contributed by atoms with Crippen LogP contribution in [0.15, 0.2) is 24.3 Å². The number of hydrogen-bond acceptors (Lipinski definition) is 3. The minimum Gasteiger partial charge on any atom is -0.350 e. The van der Waals surface area contributed by atoms with Gasteiger partial charge in [0.05, 0.1) is 0 Å². The maximum atomic E-state index is 12.0. The molecular weight excluding hydrogens is 254 g/mol. The van der Waals surface area contributed by atoms with E-state index in [0.717, 1.165) is 5.56 Å². The zero-order valence-electron chi connectivity index (χ0n) is 12.5. The maximum absolute atomic E-state index is 12.0. The van der Waals surface area contributed by atoms with Gasteiger partial charge in [0.1, 0.15) is 6.04 Å². The van der Waals surface area contributed by atoms with Gasteiger partial charge in [0.2, 0.25) is 5.91 Å². The van der Waals surface area contributed by atoms with E-state index in [1.54, 1.807) is 31.2 Å². The Morgan fingerprint density at radius 3 is 2.20 bits per heavy atom. The molecule has 0 aromatic heterocycles. The Morgan fingerprint density at radius 1 is 1.20 bits per heavy atom. The van der Waals surface area contributed by atoms with E-state index in [1.807, 2.05) is 20.8 Å². The van der Waals surface area contributed by atoms with Gasteiger partial charge in [-0.15, -0.1) is 0 Å². The highest BCUT2D eigenvalue weighted by Gasteiger charge is 2.20. The molecule has 20 heavy (non-hydrogen) atoms. The van der Waals surface area contributed by atoms with E-state index in [1.165, 1.54) is 0 Å². The number of carbonyl (C=O) groups is 2. The lowest BCUT2D eigenvalue weighted by Crippen LogP contribution is -2.50. The molecule has 0 heterocycles. The Kier molecular flexibility index (Phi) is 5.27. The number of carbonyl (C=O) groups excluding carboxylic acids is 2. The Labute approximate surface area is 119 Å². The molecule has 0 spiro atoms. The van der Waals surface area contributed by atoms with Gasteiger partial charge in [0.15, 0.2) is 0 Å². The Bertz CT molecular complexity index is 475. The smallest absolute Gasteiger partial charge is 0.251 e. The molecule has 5 nitrogen and oxygen atoms in total. The van der Waals surface area contributed by atoms with Crippen LogP contribution in [-0.4, -0.2) is 23.4 Å². The standard InChI is InChI=1S/C15H23N3O2/c1-10(13(19)18-15(2,3)4)17-14(20)12-7-5-11(9-16)6-8-12/h5-8,10H,9,16H2,1-4H3,(H,17,20)(H,18,19). The molecule has 1 aromatic carbocycles. The fourth-order valence-corrected chi connectivity index (χ4v) is 1.62. The van der Waals surface area contributed by atoms with Crippen LogP contribution >= 0.6 is 0 Å². The first-order chi connectivity index (χ1) is 9.23. The Hall–Kier alpha value is -1.88. The molecule has 0 aliphatic heterocycles. The van der Waals surface area contributed by atoms with Crippen molar-refractivity contribution in [2.75, 3.05) is 0 Å². The van der Waals surface area contributed by atoms with Gasteiger partial charge in [0, 0.05) is 17.6 Å². The highest BCUT2D eigenvalue weighted by molar-refractivity contribution is 5.97. The summed E-state index contributed by atoms with van der Waals surface area (Å²) < 4.78 is 0. The van der Waals surface area contributed by atoms with Crippen LogP contribution < -0.4 is 16.4 Å². The third-order valence-electron chi connectivity index (χ3n) is 2.69.